The fourth-order valence-corrected chi connectivity index (χ4v) is 2.68. The Kier molecular flexibility index (Phi) is 5.37. The van der Waals surface area contributed by atoms with E-state index >= 15 is 0 Å². The van der Waals surface area contributed by atoms with E-state index in [1.165, 1.54) is 0 Å². The number of epoxide rings is 2. The Morgan fingerprint density at radius 1 is 0.667 bits per heavy atom. The molecule has 3 heterocycles. The number of hydrogen-bond acceptors (Lipinski definition) is 7. The van der Waals surface area contributed by atoms with Gasteiger partial charge >= 0.3 is 0 Å². The van der Waals surface area contributed by atoms with Crippen molar-refractivity contribution >= 4 is 0 Å². The molecule has 2 atom stereocenters. The number of pyridine rings is 1. The number of aromatic nitrogens is 1. The van der Waals surface area contributed by atoms with Crippen LogP contribution in [0.4, 0.5) is 0 Å². The molecule has 0 radical (unpaired) electrons. The maximum atomic E-state index is 5.90. The van der Waals surface area contributed by atoms with Gasteiger partial charge in [0.1, 0.15) is 54.2 Å². The minimum Gasteiger partial charge on any atom is -0.491 e. The van der Waals surface area contributed by atoms with Crippen molar-refractivity contribution in [2.45, 2.75) is 12.2 Å². The molecule has 2 fully saturated rings. The van der Waals surface area contributed by atoms with Crippen LogP contribution in [0.2, 0.25) is 0 Å². The van der Waals surface area contributed by atoms with E-state index in [-0.39, 0.29) is 12.2 Å². The van der Waals surface area contributed by atoms with Gasteiger partial charge in [-0.15, -0.1) is 0 Å². The van der Waals surface area contributed by atoms with Gasteiger partial charge in [0.15, 0.2) is 0 Å². The van der Waals surface area contributed by atoms with Gasteiger partial charge in [0.05, 0.1) is 13.2 Å². The standard InChI is InChI=1S/C23H21NO6/c1-5-18(6-2-16(1)25-12-21-14-27-21)29-20-9-10-24-23(11-20)30-19-7-3-17(4-8-19)26-13-22-15-28-22/h1-11,21-22H,12-15H2. The summed E-state index contributed by atoms with van der Waals surface area (Å²) < 4.78 is 33.3. The quantitative estimate of drug-likeness (QED) is 0.466. The number of ether oxygens (including phenoxy) is 6. The summed E-state index contributed by atoms with van der Waals surface area (Å²) in [6.07, 6.45) is 2.11. The van der Waals surface area contributed by atoms with Crippen LogP contribution in [0.3, 0.4) is 0 Å². The van der Waals surface area contributed by atoms with Crippen molar-refractivity contribution in [1.82, 2.24) is 4.98 Å². The monoisotopic (exact) mass is 407 g/mol. The van der Waals surface area contributed by atoms with Crippen LogP contribution in [0.5, 0.6) is 34.6 Å². The van der Waals surface area contributed by atoms with E-state index in [9.17, 15) is 0 Å². The van der Waals surface area contributed by atoms with Crippen molar-refractivity contribution in [3.05, 3.63) is 66.9 Å². The molecule has 5 rings (SSSR count). The minimum atomic E-state index is 0.230. The highest BCUT2D eigenvalue weighted by molar-refractivity contribution is 5.38. The minimum absolute atomic E-state index is 0.230. The fourth-order valence-electron chi connectivity index (χ4n) is 2.68. The zero-order chi connectivity index (χ0) is 20.2. The molecule has 2 unspecified atom stereocenters. The van der Waals surface area contributed by atoms with Crippen LogP contribution >= 0.6 is 0 Å². The molecule has 2 saturated heterocycles. The molecule has 0 bridgehead atoms. The molecule has 7 heteroatoms. The van der Waals surface area contributed by atoms with Crippen molar-refractivity contribution in [3.8, 4) is 34.6 Å². The summed E-state index contributed by atoms with van der Waals surface area (Å²) in [6, 6.07) is 18.4. The lowest BCUT2D eigenvalue weighted by molar-refractivity contribution is 0.263. The van der Waals surface area contributed by atoms with Crippen LogP contribution in [0.1, 0.15) is 0 Å². The first-order chi connectivity index (χ1) is 14.8. The third kappa shape index (κ3) is 5.40. The van der Waals surface area contributed by atoms with Crippen molar-refractivity contribution in [2.75, 3.05) is 26.4 Å². The topological polar surface area (TPSA) is 74.9 Å². The number of rotatable bonds is 10. The van der Waals surface area contributed by atoms with Gasteiger partial charge in [0.25, 0.3) is 0 Å². The molecule has 3 aromatic rings. The SMILES string of the molecule is c1cc(Oc2ccc(OCC3CO3)cc2)cc(Oc2ccc(OCC3CO3)cc2)n1. The predicted octanol–water partition coefficient (Wildman–Crippen LogP) is 4.22. The van der Waals surface area contributed by atoms with Crippen LogP contribution in [-0.2, 0) is 9.47 Å². The lowest BCUT2D eigenvalue weighted by Gasteiger charge is -2.10. The largest absolute Gasteiger partial charge is 0.491 e. The molecule has 2 aromatic carbocycles. The molecular formula is C23H21NO6. The fraction of sp³-hybridized carbons (Fsp3) is 0.261. The van der Waals surface area contributed by atoms with Gasteiger partial charge in [-0.1, -0.05) is 0 Å². The second-order valence-corrected chi connectivity index (χ2v) is 7.01. The van der Waals surface area contributed by atoms with Crippen LogP contribution in [-0.4, -0.2) is 43.6 Å². The molecule has 1 aromatic heterocycles. The van der Waals surface area contributed by atoms with Gasteiger partial charge in [-0.05, 0) is 54.6 Å². The lowest BCUT2D eigenvalue weighted by atomic mass is 10.3. The highest BCUT2D eigenvalue weighted by atomic mass is 16.6. The van der Waals surface area contributed by atoms with Crippen LogP contribution < -0.4 is 18.9 Å². The Morgan fingerprint density at radius 3 is 1.70 bits per heavy atom. The normalized spacial score (nSPS) is 19.1. The van der Waals surface area contributed by atoms with Crippen LogP contribution in [0, 0.1) is 0 Å². The van der Waals surface area contributed by atoms with E-state index in [1.807, 2.05) is 48.5 Å². The summed E-state index contributed by atoms with van der Waals surface area (Å²) in [4.78, 5) is 4.25. The van der Waals surface area contributed by atoms with Gasteiger partial charge in [0.2, 0.25) is 5.88 Å². The van der Waals surface area contributed by atoms with Gasteiger partial charge in [-0.2, -0.15) is 0 Å². The van der Waals surface area contributed by atoms with Crippen molar-refractivity contribution in [3.63, 3.8) is 0 Å². The van der Waals surface area contributed by atoms with E-state index in [0.29, 0.717) is 36.3 Å². The van der Waals surface area contributed by atoms with Crippen molar-refractivity contribution < 1.29 is 28.4 Å². The Balaban J connectivity index is 1.16. The summed E-state index contributed by atoms with van der Waals surface area (Å²) in [5.74, 6) is 3.99. The average molecular weight is 407 g/mol. The Bertz CT molecular complexity index is 891. The number of nitrogens with zero attached hydrogens (tertiary/aromatic N) is 1. The third-order valence-electron chi connectivity index (χ3n) is 4.49. The Labute approximate surface area is 174 Å². The number of benzene rings is 2. The highest BCUT2D eigenvalue weighted by Crippen LogP contribution is 2.29. The van der Waals surface area contributed by atoms with Gasteiger partial charge in [-0.25, -0.2) is 4.98 Å². The van der Waals surface area contributed by atoms with Gasteiger partial charge < -0.3 is 28.4 Å². The van der Waals surface area contributed by atoms with E-state index < -0.39 is 0 Å². The van der Waals surface area contributed by atoms with Crippen LogP contribution in [0.15, 0.2) is 66.9 Å². The summed E-state index contributed by atoms with van der Waals surface area (Å²) in [7, 11) is 0. The van der Waals surface area contributed by atoms with E-state index in [1.54, 1.807) is 18.3 Å². The average Bonchev–Trinajstić information content (AvgIpc) is 3.69. The van der Waals surface area contributed by atoms with E-state index in [4.69, 9.17) is 28.4 Å². The summed E-state index contributed by atoms with van der Waals surface area (Å²) in [6.45, 7) is 2.71. The summed E-state index contributed by atoms with van der Waals surface area (Å²) in [5.41, 5.74) is 0. The molecule has 0 N–H and O–H groups in total. The molecule has 30 heavy (non-hydrogen) atoms. The maximum Gasteiger partial charge on any atom is 0.222 e. The molecule has 154 valence electrons. The summed E-state index contributed by atoms with van der Waals surface area (Å²) >= 11 is 0. The first-order valence-electron chi connectivity index (χ1n) is 9.81. The highest BCUT2D eigenvalue weighted by Gasteiger charge is 2.23. The second kappa shape index (κ2) is 8.61. The van der Waals surface area contributed by atoms with Crippen molar-refractivity contribution in [2.24, 2.45) is 0 Å². The van der Waals surface area contributed by atoms with E-state index in [2.05, 4.69) is 4.98 Å². The predicted molar refractivity (Wildman–Crippen MR) is 108 cm³/mol. The van der Waals surface area contributed by atoms with Gasteiger partial charge in [0, 0.05) is 12.3 Å². The van der Waals surface area contributed by atoms with Crippen molar-refractivity contribution in [1.29, 1.82) is 0 Å². The molecular weight excluding hydrogens is 386 g/mol. The molecule has 0 spiro atoms. The smallest absolute Gasteiger partial charge is 0.222 e. The maximum absolute atomic E-state index is 5.90. The first kappa shape index (κ1) is 18.7. The molecule has 7 nitrogen and oxygen atoms in total. The molecule has 0 aliphatic carbocycles. The van der Waals surface area contributed by atoms with E-state index in [0.717, 1.165) is 24.7 Å². The molecule has 2 aliphatic rings. The second-order valence-electron chi connectivity index (χ2n) is 7.01. The molecule has 0 saturated carbocycles. The molecule has 0 amide bonds. The zero-order valence-electron chi connectivity index (χ0n) is 16.2. The zero-order valence-corrected chi connectivity index (χ0v) is 16.2. The first-order valence-corrected chi connectivity index (χ1v) is 9.81. The summed E-state index contributed by atoms with van der Waals surface area (Å²) in [5, 5.41) is 0. The van der Waals surface area contributed by atoms with Crippen LogP contribution in [0.25, 0.3) is 0 Å². The third-order valence-corrected chi connectivity index (χ3v) is 4.49. The Hall–Kier alpha value is -3.29. The number of hydrogen-bond donors (Lipinski definition) is 0. The lowest BCUT2D eigenvalue weighted by Crippen LogP contribution is -2.03. The van der Waals surface area contributed by atoms with Gasteiger partial charge in [-0.3, -0.25) is 0 Å². The Morgan fingerprint density at radius 2 is 1.17 bits per heavy atom. The molecule has 2 aliphatic heterocycles.